The normalized spacial score (nSPS) is 13.9. The summed E-state index contributed by atoms with van der Waals surface area (Å²) in [7, 11) is 0. The molecule has 3 N–H and O–H groups in total. The van der Waals surface area contributed by atoms with Crippen molar-refractivity contribution in [2.75, 3.05) is 6.61 Å². The first-order valence-corrected chi connectivity index (χ1v) is 4.84. The molecule has 0 radical (unpaired) electrons. The maximum atomic E-state index is 13.0. The molecule has 0 heterocycles. The van der Waals surface area contributed by atoms with E-state index in [0.29, 0.717) is 5.56 Å². The molecule has 1 aromatic carbocycles. The maximum absolute atomic E-state index is 13.0. The van der Waals surface area contributed by atoms with Crippen molar-refractivity contribution >= 4 is 0 Å². The minimum atomic E-state index is -3.27. The molecule has 0 spiro atoms. The minimum absolute atomic E-state index is 0.339. The van der Waals surface area contributed by atoms with Gasteiger partial charge in [0, 0.05) is 0 Å². The van der Waals surface area contributed by atoms with E-state index < -0.39 is 18.6 Å². The highest BCUT2D eigenvalue weighted by Gasteiger charge is 2.37. The Morgan fingerprint density at radius 2 is 1.87 bits per heavy atom. The van der Waals surface area contributed by atoms with Crippen molar-refractivity contribution in [1.82, 2.24) is 0 Å². The van der Waals surface area contributed by atoms with Crippen LogP contribution in [-0.2, 0) is 6.42 Å². The fraction of sp³-hybridized carbons (Fsp3) is 0.455. The minimum Gasteiger partial charge on any atom is -0.390 e. The van der Waals surface area contributed by atoms with E-state index in [4.69, 9.17) is 10.8 Å². The van der Waals surface area contributed by atoms with Crippen LogP contribution in [0.3, 0.4) is 0 Å². The van der Waals surface area contributed by atoms with Crippen LogP contribution in [0.25, 0.3) is 0 Å². The summed E-state index contributed by atoms with van der Waals surface area (Å²) < 4.78 is 26.1. The van der Waals surface area contributed by atoms with Crippen LogP contribution in [0.5, 0.6) is 0 Å². The van der Waals surface area contributed by atoms with Crippen molar-refractivity contribution in [3.05, 3.63) is 35.4 Å². The third-order valence-electron chi connectivity index (χ3n) is 2.41. The molecule has 0 bridgehead atoms. The third kappa shape index (κ3) is 2.73. The largest absolute Gasteiger partial charge is 0.390 e. The predicted molar refractivity (Wildman–Crippen MR) is 54.8 cm³/mol. The standard InChI is InChI=1S/C11H15F2NO/c1-2-8-3-5-9(6-4-8)10(14)11(12,13)7-15/h3-6,10,15H,2,7,14H2,1H3/t10-/m0/s1. The molecule has 84 valence electrons. The molecule has 0 saturated carbocycles. The van der Waals surface area contributed by atoms with Gasteiger partial charge in [0.15, 0.2) is 0 Å². The van der Waals surface area contributed by atoms with E-state index in [0.717, 1.165) is 12.0 Å². The van der Waals surface area contributed by atoms with E-state index in [9.17, 15) is 8.78 Å². The second-order valence-corrected chi connectivity index (χ2v) is 3.49. The lowest BCUT2D eigenvalue weighted by molar-refractivity contribution is -0.0711. The lowest BCUT2D eigenvalue weighted by Gasteiger charge is -2.21. The van der Waals surface area contributed by atoms with Crippen molar-refractivity contribution in [3.63, 3.8) is 0 Å². The van der Waals surface area contributed by atoms with Gasteiger partial charge in [0.25, 0.3) is 5.92 Å². The van der Waals surface area contributed by atoms with Crippen LogP contribution in [0.15, 0.2) is 24.3 Å². The quantitative estimate of drug-likeness (QED) is 0.805. The first kappa shape index (κ1) is 12.1. The molecule has 4 heteroatoms. The van der Waals surface area contributed by atoms with Gasteiger partial charge in [-0.05, 0) is 17.5 Å². The van der Waals surface area contributed by atoms with Crippen molar-refractivity contribution < 1.29 is 13.9 Å². The van der Waals surface area contributed by atoms with Gasteiger partial charge in [-0.2, -0.15) is 0 Å². The summed E-state index contributed by atoms with van der Waals surface area (Å²) in [5.41, 5.74) is 6.77. The number of aliphatic hydroxyl groups excluding tert-OH is 1. The Labute approximate surface area is 87.7 Å². The first-order chi connectivity index (χ1) is 7.01. The average molecular weight is 215 g/mol. The van der Waals surface area contributed by atoms with Gasteiger partial charge in [-0.25, -0.2) is 8.78 Å². The van der Waals surface area contributed by atoms with Crippen LogP contribution in [0, 0.1) is 0 Å². The zero-order chi connectivity index (χ0) is 11.5. The van der Waals surface area contributed by atoms with Gasteiger partial charge in [0.2, 0.25) is 0 Å². The van der Waals surface area contributed by atoms with Crippen LogP contribution in [0.2, 0.25) is 0 Å². The highest BCUT2D eigenvalue weighted by atomic mass is 19.3. The molecule has 0 amide bonds. The zero-order valence-electron chi connectivity index (χ0n) is 8.58. The van der Waals surface area contributed by atoms with Gasteiger partial charge in [-0.1, -0.05) is 31.2 Å². The van der Waals surface area contributed by atoms with Crippen molar-refractivity contribution in [1.29, 1.82) is 0 Å². The third-order valence-corrected chi connectivity index (χ3v) is 2.41. The lowest BCUT2D eigenvalue weighted by Crippen LogP contribution is -2.36. The van der Waals surface area contributed by atoms with Crippen molar-refractivity contribution in [2.24, 2.45) is 5.73 Å². The molecule has 0 aromatic heterocycles. The number of hydrogen-bond donors (Lipinski definition) is 2. The van der Waals surface area contributed by atoms with Crippen LogP contribution in [0.4, 0.5) is 8.78 Å². The summed E-state index contributed by atoms with van der Waals surface area (Å²) >= 11 is 0. The molecule has 0 aliphatic heterocycles. The Balaban J connectivity index is 2.87. The second kappa shape index (κ2) is 4.68. The summed E-state index contributed by atoms with van der Waals surface area (Å²) in [5, 5.41) is 8.50. The summed E-state index contributed by atoms with van der Waals surface area (Å²) in [6.45, 7) is 0.751. The number of benzene rings is 1. The fourth-order valence-corrected chi connectivity index (χ4v) is 1.30. The zero-order valence-corrected chi connectivity index (χ0v) is 8.58. The van der Waals surface area contributed by atoms with Gasteiger partial charge in [0.05, 0.1) is 6.04 Å². The van der Waals surface area contributed by atoms with E-state index in [2.05, 4.69) is 0 Å². The number of hydrogen-bond acceptors (Lipinski definition) is 2. The Morgan fingerprint density at radius 1 is 1.33 bits per heavy atom. The molecule has 0 saturated heterocycles. The molecule has 15 heavy (non-hydrogen) atoms. The first-order valence-electron chi connectivity index (χ1n) is 4.84. The topological polar surface area (TPSA) is 46.2 Å². The summed E-state index contributed by atoms with van der Waals surface area (Å²) in [6, 6.07) is 5.24. The van der Waals surface area contributed by atoms with Gasteiger partial charge < -0.3 is 10.8 Å². The second-order valence-electron chi connectivity index (χ2n) is 3.49. The molecule has 0 fully saturated rings. The van der Waals surface area contributed by atoms with Crippen LogP contribution in [0.1, 0.15) is 24.1 Å². The number of nitrogens with two attached hydrogens (primary N) is 1. The van der Waals surface area contributed by atoms with E-state index in [1.807, 2.05) is 6.92 Å². The predicted octanol–water partition coefficient (Wildman–Crippen LogP) is 1.88. The Morgan fingerprint density at radius 3 is 2.27 bits per heavy atom. The number of alkyl halides is 2. The van der Waals surface area contributed by atoms with E-state index in [1.54, 1.807) is 24.3 Å². The molecule has 0 unspecified atom stereocenters. The smallest absolute Gasteiger partial charge is 0.289 e. The average Bonchev–Trinajstić information content (AvgIpc) is 2.28. The molecule has 0 aliphatic carbocycles. The molecule has 1 aromatic rings. The molecule has 0 aliphatic rings. The number of aryl methyl sites for hydroxylation is 1. The Hall–Kier alpha value is -1.00. The van der Waals surface area contributed by atoms with Gasteiger partial charge in [0.1, 0.15) is 6.61 Å². The van der Waals surface area contributed by atoms with Crippen LogP contribution >= 0.6 is 0 Å². The van der Waals surface area contributed by atoms with Crippen molar-refractivity contribution in [3.8, 4) is 0 Å². The highest BCUT2D eigenvalue weighted by Crippen LogP contribution is 2.28. The summed E-state index contributed by atoms with van der Waals surface area (Å²) in [4.78, 5) is 0. The highest BCUT2D eigenvalue weighted by molar-refractivity contribution is 5.26. The van der Waals surface area contributed by atoms with E-state index >= 15 is 0 Å². The maximum Gasteiger partial charge on any atom is 0.289 e. The Kier molecular flexibility index (Phi) is 3.77. The SMILES string of the molecule is CCc1ccc([C@H](N)C(F)(F)CO)cc1. The fourth-order valence-electron chi connectivity index (χ4n) is 1.30. The van der Waals surface area contributed by atoms with E-state index in [-0.39, 0.29) is 0 Å². The number of rotatable bonds is 4. The number of aliphatic hydroxyl groups is 1. The van der Waals surface area contributed by atoms with Gasteiger partial charge in [-0.15, -0.1) is 0 Å². The van der Waals surface area contributed by atoms with Gasteiger partial charge >= 0.3 is 0 Å². The molecular formula is C11H15F2NO. The summed E-state index contributed by atoms with van der Waals surface area (Å²) in [5.74, 6) is -3.27. The molecule has 1 rings (SSSR count). The van der Waals surface area contributed by atoms with Gasteiger partial charge in [-0.3, -0.25) is 0 Å². The molecule has 2 nitrogen and oxygen atoms in total. The van der Waals surface area contributed by atoms with Crippen LogP contribution in [-0.4, -0.2) is 17.6 Å². The number of halogens is 2. The molecular weight excluding hydrogens is 200 g/mol. The van der Waals surface area contributed by atoms with Crippen molar-refractivity contribution in [2.45, 2.75) is 25.3 Å². The molecule has 1 atom stereocenters. The summed E-state index contributed by atoms with van der Waals surface area (Å²) in [6.07, 6.45) is 0.853. The van der Waals surface area contributed by atoms with E-state index in [1.165, 1.54) is 0 Å². The monoisotopic (exact) mass is 215 g/mol. The lowest BCUT2D eigenvalue weighted by atomic mass is 10.00. The Bertz CT molecular complexity index is 311. The van der Waals surface area contributed by atoms with Crippen LogP contribution < -0.4 is 5.73 Å².